The van der Waals surface area contributed by atoms with E-state index >= 15 is 0 Å². The monoisotopic (exact) mass is 292 g/mol. The number of hydrogen-bond donors (Lipinski definition) is 1. The van der Waals surface area contributed by atoms with Gasteiger partial charge in [-0.25, -0.2) is 4.79 Å². The highest BCUT2D eigenvalue weighted by atomic mass is 16.6. The number of nitro groups is 1. The summed E-state index contributed by atoms with van der Waals surface area (Å²) in [5.41, 5.74) is -0.0213. The fourth-order valence-corrected chi connectivity index (χ4v) is 3.04. The van der Waals surface area contributed by atoms with Gasteiger partial charge in [-0.2, -0.15) is 0 Å². The van der Waals surface area contributed by atoms with Gasteiger partial charge in [-0.15, -0.1) is 0 Å². The molecule has 1 saturated carbocycles. The number of carboxylic acids is 1. The normalized spacial score (nSPS) is 16.1. The van der Waals surface area contributed by atoms with E-state index in [0.717, 1.165) is 12.8 Å². The van der Waals surface area contributed by atoms with E-state index in [-0.39, 0.29) is 11.3 Å². The van der Waals surface area contributed by atoms with Crippen LogP contribution in [0.2, 0.25) is 0 Å². The number of nitro benzene ring substituents is 1. The standard InChI is InChI=1S/C15H20N2O4/c1-16(12-7-3-2-4-8-12)10-11-6-5-9-13(17(20)21)14(11)15(18)19/h5-6,9,12H,2-4,7-8,10H2,1H3,(H,18,19). The molecule has 1 aromatic carbocycles. The van der Waals surface area contributed by atoms with Crippen LogP contribution in [0.4, 0.5) is 5.69 Å². The van der Waals surface area contributed by atoms with Crippen LogP contribution in [-0.4, -0.2) is 34.0 Å². The Labute approximate surface area is 123 Å². The molecular weight excluding hydrogens is 272 g/mol. The fraction of sp³-hybridized carbons (Fsp3) is 0.533. The van der Waals surface area contributed by atoms with Gasteiger partial charge in [-0.05, 0) is 25.5 Å². The molecule has 0 saturated heterocycles. The highest BCUT2D eigenvalue weighted by Crippen LogP contribution is 2.26. The third kappa shape index (κ3) is 3.58. The first-order valence-corrected chi connectivity index (χ1v) is 7.20. The Morgan fingerprint density at radius 3 is 2.62 bits per heavy atom. The van der Waals surface area contributed by atoms with Gasteiger partial charge in [0.1, 0.15) is 5.56 Å². The minimum Gasteiger partial charge on any atom is -0.477 e. The van der Waals surface area contributed by atoms with E-state index in [1.54, 1.807) is 12.1 Å². The van der Waals surface area contributed by atoms with Gasteiger partial charge in [0.25, 0.3) is 5.69 Å². The lowest BCUT2D eigenvalue weighted by atomic mass is 9.94. The van der Waals surface area contributed by atoms with E-state index in [1.165, 1.54) is 25.3 Å². The van der Waals surface area contributed by atoms with Crippen LogP contribution in [0.3, 0.4) is 0 Å². The van der Waals surface area contributed by atoms with E-state index in [9.17, 15) is 20.0 Å². The van der Waals surface area contributed by atoms with E-state index in [2.05, 4.69) is 4.90 Å². The summed E-state index contributed by atoms with van der Waals surface area (Å²) < 4.78 is 0. The quantitative estimate of drug-likeness (QED) is 0.666. The number of carbonyl (C=O) groups is 1. The molecule has 0 radical (unpaired) electrons. The van der Waals surface area contributed by atoms with Crippen molar-refractivity contribution in [3.05, 3.63) is 39.4 Å². The molecule has 0 amide bonds. The lowest BCUT2D eigenvalue weighted by Gasteiger charge is -2.31. The first kappa shape index (κ1) is 15.4. The Bertz CT molecular complexity index is 538. The summed E-state index contributed by atoms with van der Waals surface area (Å²) in [6.07, 6.45) is 5.84. The molecule has 1 aliphatic rings. The zero-order valence-corrected chi connectivity index (χ0v) is 12.1. The zero-order valence-electron chi connectivity index (χ0n) is 12.1. The highest BCUT2D eigenvalue weighted by molar-refractivity contribution is 5.94. The van der Waals surface area contributed by atoms with Gasteiger partial charge in [0.05, 0.1) is 4.92 Å². The summed E-state index contributed by atoms with van der Waals surface area (Å²) in [5, 5.41) is 20.3. The summed E-state index contributed by atoms with van der Waals surface area (Å²) in [6, 6.07) is 4.89. The Kier molecular flexibility index (Phi) is 4.90. The molecule has 21 heavy (non-hydrogen) atoms. The summed E-state index contributed by atoms with van der Waals surface area (Å²) in [5.74, 6) is -1.24. The van der Waals surface area contributed by atoms with E-state index in [1.807, 2.05) is 7.05 Å². The Hall–Kier alpha value is -1.95. The Morgan fingerprint density at radius 2 is 2.05 bits per heavy atom. The van der Waals surface area contributed by atoms with Crippen molar-refractivity contribution in [2.45, 2.75) is 44.7 Å². The predicted molar refractivity (Wildman–Crippen MR) is 78.4 cm³/mol. The molecule has 0 atom stereocenters. The van der Waals surface area contributed by atoms with Crippen molar-refractivity contribution in [2.24, 2.45) is 0 Å². The van der Waals surface area contributed by atoms with Gasteiger partial charge in [0.15, 0.2) is 0 Å². The molecule has 114 valence electrons. The second-order valence-corrected chi connectivity index (χ2v) is 5.58. The maximum Gasteiger partial charge on any atom is 0.343 e. The number of carboxylic acid groups (broad SMARTS) is 1. The summed E-state index contributed by atoms with van der Waals surface area (Å²) in [4.78, 5) is 23.9. The lowest BCUT2D eigenvalue weighted by Crippen LogP contribution is -2.33. The van der Waals surface area contributed by atoms with E-state index in [4.69, 9.17) is 0 Å². The molecule has 6 heteroatoms. The van der Waals surface area contributed by atoms with Crippen LogP contribution >= 0.6 is 0 Å². The first-order valence-electron chi connectivity index (χ1n) is 7.20. The summed E-state index contributed by atoms with van der Waals surface area (Å²) in [6.45, 7) is 0.425. The minimum absolute atomic E-state index is 0.190. The fourth-order valence-electron chi connectivity index (χ4n) is 3.04. The van der Waals surface area contributed by atoms with Gasteiger partial charge in [0, 0.05) is 18.7 Å². The van der Waals surface area contributed by atoms with Crippen LogP contribution < -0.4 is 0 Å². The van der Waals surface area contributed by atoms with Crippen LogP contribution in [0.15, 0.2) is 18.2 Å². The first-order chi connectivity index (χ1) is 10.0. The molecule has 1 aromatic rings. The lowest BCUT2D eigenvalue weighted by molar-refractivity contribution is -0.385. The molecule has 2 rings (SSSR count). The topological polar surface area (TPSA) is 83.7 Å². The summed E-state index contributed by atoms with van der Waals surface area (Å²) >= 11 is 0. The number of benzene rings is 1. The zero-order chi connectivity index (χ0) is 15.4. The molecule has 0 bridgehead atoms. The molecule has 0 aliphatic heterocycles. The summed E-state index contributed by atoms with van der Waals surface area (Å²) in [7, 11) is 1.96. The van der Waals surface area contributed by atoms with Crippen LogP contribution in [0.1, 0.15) is 48.0 Å². The predicted octanol–water partition coefficient (Wildman–Crippen LogP) is 3.06. The van der Waals surface area contributed by atoms with Crippen molar-refractivity contribution in [1.82, 2.24) is 4.90 Å². The van der Waals surface area contributed by atoms with Crippen LogP contribution in [0.5, 0.6) is 0 Å². The van der Waals surface area contributed by atoms with Crippen molar-refractivity contribution in [1.29, 1.82) is 0 Å². The molecule has 6 nitrogen and oxygen atoms in total. The van der Waals surface area contributed by atoms with Crippen LogP contribution in [-0.2, 0) is 6.54 Å². The largest absolute Gasteiger partial charge is 0.477 e. The molecule has 0 unspecified atom stereocenters. The maximum atomic E-state index is 11.4. The minimum atomic E-state index is -1.24. The SMILES string of the molecule is CN(Cc1cccc([N+](=O)[O-])c1C(=O)O)C1CCCCC1. The van der Waals surface area contributed by atoms with Crippen molar-refractivity contribution in [3.8, 4) is 0 Å². The second kappa shape index (κ2) is 6.67. The molecule has 1 N–H and O–H groups in total. The van der Waals surface area contributed by atoms with Crippen LogP contribution in [0.25, 0.3) is 0 Å². The van der Waals surface area contributed by atoms with Crippen molar-refractivity contribution >= 4 is 11.7 Å². The average molecular weight is 292 g/mol. The van der Waals surface area contributed by atoms with E-state index in [0.29, 0.717) is 18.2 Å². The highest BCUT2D eigenvalue weighted by Gasteiger charge is 2.25. The van der Waals surface area contributed by atoms with Crippen LogP contribution in [0, 0.1) is 10.1 Å². The molecule has 0 spiro atoms. The smallest absolute Gasteiger partial charge is 0.343 e. The second-order valence-electron chi connectivity index (χ2n) is 5.58. The van der Waals surface area contributed by atoms with Gasteiger partial charge < -0.3 is 5.11 Å². The number of rotatable bonds is 5. The third-order valence-corrected chi connectivity index (χ3v) is 4.16. The molecular formula is C15H20N2O4. The Morgan fingerprint density at radius 1 is 1.38 bits per heavy atom. The van der Waals surface area contributed by atoms with Crippen molar-refractivity contribution < 1.29 is 14.8 Å². The maximum absolute atomic E-state index is 11.4. The average Bonchev–Trinajstić information content (AvgIpc) is 2.47. The van der Waals surface area contributed by atoms with Gasteiger partial charge >= 0.3 is 5.97 Å². The van der Waals surface area contributed by atoms with Gasteiger partial charge in [0.2, 0.25) is 0 Å². The van der Waals surface area contributed by atoms with E-state index < -0.39 is 10.9 Å². The van der Waals surface area contributed by atoms with Crippen molar-refractivity contribution in [2.75, 3.05) is 7.05 Å². The number of aromatic carboxylic acids is 1. The molecule has 0 heterocycles. The van der Waals surface area contributed by atoms with Gasteiger partial charge in [-0.1, -0.05) is 31.4 Å². The molecule has 1 fully saturated rings. The third-order valence-electron chi connectivity index (χ3n) is 4.16. The van der Waals surface area contributed by atoms with Gasteiger partial charge in [-0.3, -0.25) is 15.0 Å². The molecule has 1 aliphatic carbocycles. The van der Waals surface area contributed by atoms with Crippen molar-refractivity contribution in [3.63, 3.8) is 0 Å². The number of hydrogen-bond acceptors (Lipinski definition) is 4. The number of nitrogens with zero attached hydrogens (tertiary/aromatic N) is 2. The Balaban J connectivity index is 2.24. The molecule has 0 aromatic heterocycles.